The van der Waals surface area contributed by atoms with E-state index in [4.69, 9.17) is 0 Å². The van der Waals surface area contributed by atoms with E-state index in [0.29, 0.717) is 26.2 Å². The summed E-state index contributed by atoms with van der Waals surface area (Å²) in [6.07, 6.45) is 0. The Labute approximate surface area is 169 Å². The molecule has 0 bridgehead atoms. The van der Waals surface area contributed by atoms with Crippen molar-refractivity contribution in [2.45, 2.75) is 6.04 Å². The van der Waals surface area contributed by atoms with Gasteiger partial charge in [0.1, 0.15) is 11.6 Å². The molecule has 0 unspecified atom stereocenters. The van der Waals surface area contributed by atoms with Crippen molar-refractivity contribution < 1.29 is 13.6 Å². The highest BCUT2D eigenvalue weighted by Gasteiger charge is 2.28. The number of benzene rings is 3. The van der Waals surface area contributed by atoms with Gasteiger partial charge in [-0.3, -0.25) is 9.69 Å². The van der Waals surface area contributed by atoms with Gasteiger partial charge in [-0.1, -0.05) is 60.7 Å². The van der Waals surface area contributed by atoms with Crippen LogP contribution in [0.25, 0.3) is 0 Å². The van der Waals surface area contributed by atoms with Crippen molar-refractivity contribution in [2.75, 3.05) is 26.2 Å². The van der Waals surface area contributed by atoms with Crippen LogP contribution < -0.4 is 0 Å². The zero-order valence-electron chi connectivity index (χ0n) is 16.0. The summed E-state index contributed by atoms with van der Waals surface area (Å²) in [5.41, 5.74) is 2.45. The van der Waals surface area contributed by atoms with E-state index >= 15 is 0 Å². The molecule has 0 aliphatic carbocycles. The summed E-state index contributed by atoms with van der Waals surface area (Å²) >= 11 is 0. The molecule has 1 aliphatic heterocycles. The van der Waals surface area contributed by atoms with Gasteiger partial charge in [0.05, 0.1) is 6.04 Å². The van der Waals surface area contributed by atoms with Gasteiger partial charge in [-0.15, -0.1) is 0 Å². The quantitative estimate of drug-likeness (QED) is 0.652. The molecule has 29 heavy (non-hydrogen) atoms. The van der Waals surface area contributed by atoms with E-state index in [2.05, 4.69) is 29.2 Å². The van der Waals surface area contributed by atoms with Crippen molar-refractivity contribution >= 4 is 5.91 Å². The second-order valence-electron chi connectivity index (χ2n) is 7.21. The van der Waals surface area contributed by atoms with Crippen LogP contribution in [0.1, 0.15) is 27.5 Å². The minimum absolute atomic E-state index is 0.0543. The molecule has 1 heterocycles. The van der Waals surface area contributed by atoms with Crippen LogP contribution in [0.5, 0.6) is 0 Å². The SMILES string of the molecule is O=C(c1cc(F)cc(F)c1)N1CCN(C(c2ccccc2)c2ccccc2)CC1. The highest BCUT2D eigenvalue weighted by molar-refractivity contribution is 5.94. The van der Waals surface area contributed by atoms with Gasteiger partial charge in [-0.05, 0) is 23.3 Å². The summed E-state index contributed by atoms with van der Waals surface area (Å²) in [6.45, 7) is 2.37. The molecular formula is C24H22F2N2O. The molecular weight excluding hydrogens is 370 g/mol. The van der Waals surface area contributed by atoms with Crippen molar-refractivity contribution in [3.05, 3.63) is 107 Å². The normalized spacial score (nSPS) is 14.9. The second kappa shape index (κ2) is 8.53. The van der Waals surface area contributed by atoms with Crippen LogP contribution in [-0.4, -0.2) is 41.9 Å². The molecule has 0 spiro atoms. The van der Waals surface area contributed by atoms with Crippen LogP contribution >= 0.6 is 0 Å². The Kier molecular flexibility index (Phi) is 5.67. The third-order valence-corrected chi connectivity index (χ3v) is 5.31. The number of carbonyl (C=O) groups excluding carboxylic acids is 1. The maximum atomic E-state index is 13.5. The average molecular weight is 392 g/mol. The minimum Gasteiger partial charge on any atom is -0.336 e. The average Bonchev–Trinajstić information content (AvgIpc) is 2.75. The minimum atomic E-state index is -0.736. The fraction of sp³-hybridized carbons (Fsp3) is 0.208. The number of carbonyl (C=O) groups is 1. The number of halogens is 2. The van der Waals surface area contributed by atoms with E-state index < -0.39 is 11.6 Å². The number of hydrogen-bond acceptors (Lipinski definition) is 2. The Bertz CT molecular complexity index is 911. The largest absolute Gasteiger partial charge is 0.336 e. The maximum Gasteiger partial charge on any atom is 0.254 e. The van der Waals surface area contributed by atoms with Gasteiger partial charge >= 0.3 is 0 Å². The van der Waals surface area contributed by atoms with Crippen molar-refractivity contribution in [3.63, 3.8) is 0 Å². The van der Waals surface area contributed by atoms with Crippen molar-refractivity contribution in [1.29, 1.82) is 0 Å². The predicted octanol–water partition coefficient (Wildman–Crippen LogP) is 4.51. The molecule has 1 saturated heterocycles. The molecule has 5 heteroatoms. The summed E-state index contributed by atoms with van der Waals surface area (Å²) in [5.74, 6) is -1.81. The first-order valence-corrected chi connectivity index (χ1v) is 9.71. The van der Waals surface area contributed by atoms with Gasteiger partial charge in [0.2, 0.25) is 0 Å². The fourth-order valence-electron chi connectivity index (χ4n) is 3.93. The van der Waals surface area contributed by atoms with Gasteiger partial charge < -0.3 is 4.90 Å². The smallest absolute Gasteiger partial charge is 0.254 e. The number of hydrogen-bond donors (Lipinski definition) is 0. The zero-order chi connectivity index (χ0) is 20.2. The Morgan fingerprint density at radius 1 is 0.724 bits per heavy atom. The standard InChI is InChI=1S/C24H22F2N2O/c25-21-15-20(16-22(26)17-21)24(29)28-13-11-27(12-14-28)23(18-7-3-1-4-8-18)19-9-5-2-6-10-19/h1-10,15-17,23H,11-14H2. The van der Waals surface area contributed by atoms with E-state index in [-0.39, 0.29) is 17.5 Å². The van der Waals surface area contributed by atoms with Crippen molar-refractivity contribution in [2.24, 2.45) is 0 Å². The topological polar surface area (TPSA) is 23.6 Å². The molecule has 1 fully saturated rings. The van der Waals surface area contributed by atoms with E-state index in [9.17, 15) is 13.6 Å². The molecule has 1 amide bonds. The summed E-state index contributed by atoms with van der Waals surface area (Å²) in [4.78, 5) is 16.7. The van der Waals surface area contributed by atoms with Crippen LogP contribution in [0.4, 0.5) is 8.78 Å². The molecule has 3 nitrogen and oxygen atoms in total. The van der Waals surface area contributed by atoms with Crippen molar-refractivity contribution in [1.82, 2.24) is 9.80 Å². The zero-order valence-corrected chi connectivity index (χ0v) is 16.0. The first-order valence-electron chi connectivity index (χ1n) is 9.71. The molecule has 4 rings (SSSR count). The summed E-state index contributed by atoms with van der Waals surface area (Å²) in [6, 6.07) is 23.6. The molecule has 0 aromatic heterocycles. The summed E-state index contributed by atoms with van der Waals surface area (Å²) in [7, 11) is 0. The fourth-order valence-corrected chi connectivity index (χ4v) is 3.93. The second-order valence-corrected chi connectivity index (χ2v) is 7.21. The van der Waals surface area contributed by atoms with Gasteiger partial charge in [0.25, 0.3) is 5.91 Å². The van der Waals surface area contributed by atoms with Crippen LogP contribution in [0, 0.1) is 11.6 Å². The third kappa shape index (κ3) is 4.35. The first kappa shape index (κ1) is 19.3. The lowest BCUT2D eigenvalue weighted by Gasteiger charge is -2.39. The van der Waals surface area contributed by atoms with E-state index in [1.54, 1.807) is 4.90 Å². The highest BCUT2D eigenvalue weighted by Crippen LogP contribution is 2.29. The molecule has 0 radical (unpaired) electrons. The summed E-state index contributed by atoms with van der Waals surface area (Å²) in [5, 5.41) is 0. The Morgan fingerprint density at radius 2 is 1.21 bits per heavy atom. The molecule has 148 valence electrons. The predicted molar refractivity (Wildman–Crippen MR) is 109 cm³/mol. The van der Waals surface area contributed by atoms with E-state index in [1.165, 1.54) is 11.1 Å². The van der Waals surface area contributed by atoms with Crippen LogP contribution in [-0.2, 0) is 0 Å². The molecule has 3 aromatic carbocycles. The van der Waals surface area contributed by atoms with Crippen LogP contribution in [0.2, 0.25) is 0 Å². The molecule has 0 N–H and O–H groups in total. The molecule has 0 saturated carbocycles. The van der Waals surface area contributed by atoms with E-state index in [0.717, 1.165) is 18.2 Å². The van der Waals surface area contributed by atoms with Gasteiger partial charge in [0.15, 0.2) is 0 Å². The lowest BCUT2D eigenvalue weighted by Crippen LogP contribution is -2.49. The van der Waals surface area contributed by atoms with E-state index in [1.807, 2.05) is 36.4 Å². The Morgan fingerprint density at radius 3 is 1.69 bits per heavy atom. The van der Waals surface area contributed by atoms with Gasteiger partial charge in [0, 0.05) is 37.8 Å². The first-order chi connectivity index (χ1) is 14.1. The maximum absolute atomic E-state index is 13.5. The Hall–Kier alpha value is -3.05. The molecule has 3 aromatic rings. The van der Waals surface area contributed by atoms with Crippen molar-refractivity contribution in [3.8, 4) is 0 Å². The number of nitrogens with zero attached hydrogens (tertiary/aromatic N) is 2. The van der Waals surface area contributed by atoms with Gasteiger partial charge in [-0.2, -0.15) is 0 Å². The highest BCUT2D eigenvalue weighted by atomic mass is 19.1. The lowest BCUT2D eigenvalue weighted by molar-refractivity contribution is 0.0596. The monoisotopic (exact) mass is 392 g/mol. The summed E-state index contributed by atoms with van der Waals surface area (Å²) < 4.78 is 27.0. The molecule has 1 aliphatic rings. The van der Waals surface area contributed by atoms with Gasteiger partial charge in [-0.25, -0.2) is 8.78 Å². The lowest BCUT2D eigenvalue weighted by atomic mass is 9.96. The number of rotatable bonds is 4. The number of amides is 1. The van der Waals surface area contributed by atoms with Crippen LogP contribution in [0.3, 0.4) is 0 Å². The Balaban J connectivity index is 1.52. The number of piperazine rings is 1. The molecule has 0 atom stereocenters. The van der Waals surface area contributed by atoms with Crippen LogP contribution in [0.15, 0.2) is 78.9 Å². The third-order valence-electron chi connectivity index (χ3n) is 5.31.